The molecule has 7 atom stereocenters. The van der Waals surface area contributed by atoms with E-state index in [-0.39, 0.29) is 33.1 Å². The lowest BCUT2D eigenvalue weighted by Crippen LogP contribution is -2.58. The van der Waals surface area contributed by atoms with Gasteiger partial charge in [-0.05, 0) is 98.0 Å². The maximum absolute atomic E-state index is 10.2. The van der Waals surface area contributed by atoms with E-state index >= 15 is 0 Å². The minimum atomic E-state index is -1.98. The largest absolute Gasteiger partial charge is 0.414 e. The average molecular weight is 547 g/mol. The lowest BCUT2D eigenvalue weighted by Gasteiger charge is -2.59. The fourth-order valence-electron chi connectivity index (χ4n) is 7.80. The quantitative estimate of drug-likeness (QED) is 0.350. The van der Waals surface area contributed by atoms with Crippen LogP contribution in [0.4, 0.5) is 0 Å². The molecule has 3 fully saturated rings. The number of hydrogen-bond donors (Lipinski definition) is 1. The Morgan fingerprint density at radius 1 is 0.865 bits per heavy atom. The summed E-state index contributed by atoms with van der Waals surface area (Å²) in [7, 11) is -3.86. The molecule has 4 rings (SSSR count). The second kappa shape index (κ2) is 9.43. The topological polar surface area (TPSA) is 38.7 Å². The molecule has 3 saturated carbocycles. The average Bonchev–Trinajstić information content (AvgIpc) is 3.09. The molecule has 0 aliphatic heterocycles. The second-order valence-electron chi connectivity index (χ2n) is 16.6. The van der Waals surface area contributed by atoms with Crippen LogP contribution in [0.3, 0.4) is 0 Å². The fraction of sp³-hybridized carbons (Fsp3) is 0.875. The van der Waals surface area contributed by atoms with E-state index in [1.807, 2.05) is 0 Å². The molecule has 0 spiro atoms. The third-order valence-electron chi connectivity index (χ3n) is 12.5. The molecule has 3 nitrogen and oxygen atoms in total. The zero-order valence-corrected chi connectivity index (χ0v) is 28.3. The van der Waals surface area contributed by atoms with E-state index in [1.165, 1.54) is 25.7 Å². The molecule has 0 amide bonds. The van der Waals surface area contributed by atoms with Crippen LogP contribution in [0.1, 0.15) is 93.9 Å². The van der Waals surface area contributed by atoms with Crippen LogP contribution in [0.2, 0.25) is 36.3 Å². The second-order valence-corrected chi connectivity index (χ2v) is 26.1. The predicted octanol–water partition coefficient (Wildman–Crippen LogP) is 8.87. The van der Waals surface area contributed by atoms with Crippen molar-refractivity contribution in [2.75, 3.05) is 6.61 Å². The first-order valence-corrected chi connectivity index (χ1v) is 21.0. The summed E-state index contributed by atoms with van der Waals surface area (Å²) in [4.78, 5) is 0. The smallest absolute Gasteiger partial charge is 0.192 e. The molecule has 37 heavy (non-hydrogen) atoms. The normalized spacial score (nSPS) is 38.9. The summed E-state index contributed by atoms with van der Waals surface area (Å²) in [6, 6.07) is 0. The molecule has 0 saturated heterocycles. The summed E-state index contributed by atoms with van der Waals surface area (Å²) in [5, 5.41) is 10.6. The maximum Gasteiger partial charge on any atom is 0.192 e. The van der Waals surface area contributed by atoms with Crippen molar-refractivity contribution in [3.63, 3.8) is 0 Å². The van der Waals surface area contributed by atoms with Crippen LogP contribution in [-0.4, -0.2) is 40.6 Å². The number of aliphatic hydroxyl groups excluding tert-OH is 1. The summed E-state index contributed by atoms with van der Waals surface area (Å²) in [6.45, 7) is 29.2. The van der Waals surface area contributed by atoms with Crippen molar-refractivity contribution in [1.29, 1.82) is 0 Å². The lowest BCUT2D eigenvalue weighted by molar-refractivity contribution is -0.0448. The Hall–Kier alpha value is -0.206. The molecule has 0 bridgehead atoms. The summed E-state index contributed by atoms with van der Waals surface area (Å²) < 4.78 is 14.5. The van der Waals surface area contributed by atoms with Gasteiger partial charge in [0.2, 0.25) is 0 Å². The number of aliphatic hydroxyl groups is 1. The zero-order valence-electron chi connectivity index (χ0n) is 26.3. The number of allylic oxidation sites excluding steroid dienone is 3. The first kappa shape index (κ1) is 29.8. The standard InChI is InChI=1S/C32H58O3Si2/c1-29(2,3)36(9,10)34-24-19-22-13-15-25-26-16-14-23(21-33)31(26,7)18-17-27(25)32(22,8)28(20-24)35-37(11,12)30(4,5)6/h13,15,23-24,26-28,33H,14,16-21H2,1-12H3/t23-,24-,26+,27+,28+,31-,32+/m1/s1. The van der Waals surface area contributed by atoms with Gasteiger partial charge in [-0.3, -0.25) is 0 Å². The van der Waals surface area contributed by atoms with Gasteiger partial charge in [-0.2, -0.15) is 0 Å². The van der Waals surface area contributed by atoms with Gasteiger partial charge in [0.05, 0.1) is 12.2 Å². The molecule has 5 heteroatoms. The van der Waals surface area contributed by atoms with Crippen molar-refractivity contribution >= 4 is 16.6 Å². The van der Waals surface area contributed by atoms with Gasteiger partial charge in [-0.25, -0.2) is 0 Å². The minimum absolute atomic E-state index is 0.0333. The molecular formula is C32H58O3Si2. The highest BCUT2D eigenvalue weighted by Crippen LogP contribution is 2.65. The molecular weight excluding hydrogens is 489 g/mol. The van der Waals surface area contributed by atoms with Crippen LogP contribution in [0.25, 0.3) is 0 Å². The highest BCUT2D eigenvalue weighted by atomic mass is 28.4. The van der Waals surface area contributed by atoms with Gasteiger partial charge in [0.1, 0.15) is 0 Å². The van der Waals surface area contributed by atoms with Gasteiger partial charge in [-0.1, -0.05) is 78.7 Å². The Morgan fingerprint density at radius 3 is 2.03 bits per heavy atom. The first-order valence-electron chi connectivity index (χ1n) is 15.2. The molecule has 4 aliphatic carbocycles. The Morgan fingerprint density at radius 2 is 1.46 bits per heavy atom. The minimum Gasteiger partial charge on any atom is -0.414 e. The third kappa shape index (κ3) is 4.85. The molecule has 0 unspecified atom stereocenters. The van der Waals surface area contributed by atoms with E-state index in [9.17, 15) is 5.11 Å². The lowest BCUT2D eigenvalue weighted by atomic mass is 9.50. The Labute approximate surface area is 231 Å². The number of rotatable bonds is 5. The van der Waals surface area contributed by atoms with E-state index in [2.05, 4.69) is 93.7 Å². The summed E-state index contributed by atoms with van der Waals surface area (Å²) in [6.07, 6.45) is 12.3. The van der Waals surface area contributed by atoms with Crippen molar-refractivity contribution in [3.8, 4) is 0 Å². The molecule has 4 aliphatic rings. The predicted molar refractivity (Wildman–Crippen MR) is 162 cm³/mol. The SMILES string of the molecule is CC(C)(C)[Si](C)(C)O[C@@H]1CC2=CC=C3[C@@H]4CC[C@H](CO)[C@@]4(C)CC[C@@H]3[C@@]2(C)[C@@H](O[Si](C)(C)C(C)(C)C)C1. The zero-order chi connectivity index (χ0) is 27.8. The molecule has 1 N–H and O–H groups in total. The summed E-state index contributed by atoms with van der Waals surface area (Å²) in [5.41, 5.74) is 3.52. The van der Waals surface area contributed by atoms with E-state index in [1.54, 1.807) is 11.1 Å². The summed E-state index contributed by atoms with van der Waals surface area (Å²) in [5.74, 6) is 1.60. The molecule has 0 radical (unpaired) electrons. The Balaban J connectivity index is 1.74. The van der Waals surface area contributed by atoms with Crippen LogP contribution in [0, 0.1) is 28.6 Å². The number of fused-ring (bicyclic) bond motifs is 5. The van der Waals surface area contributed by atoms with Gasteiger partial charge in [0.25, 0.3) is 0 Å². The van der Waals surface area contributed by atoms with E-state index in [0.29, 0.717) is 24.4 Å². The fourth-order valence-corrected chi connectivity index (χ4v) is 10.6. The molecule has 0 aromatic carbocycles. The molecule has 0 aromatic heterocycles. The Kier molecular flexibility index (Phi) is 7.59. The third-order valence-corrected chi connectivity index (χ3v) is 21.5. The van der Waals surface area contributed by atoms with Crippen LogP contribution in [0.5, 0.6) is 0 Å². The number of hydrogen-bond acceptors (Lipinski definition) is 3. The van der Waals surface area contributed by atoms with Gasteiger partial charge in [0.15, 0.2) is 16.6 Å². The van der Waals surface area contributed by atoms with Gasteiger partial charge >= 0.3 is 0 Å². The molecule has 0 heterocycles. The summed E-state index contributed by atoms with van der Waals surface area (Å²) >= 11 is 0. The van der Waals surface area contributed by atoms with Crippen molar-refractivity contribution < 1.29 is 14.0 Å². The Bertz CT molecular complexity index is 937. The van der Waals surface area contributed by atoms with E-state index in [0.717, 1.165) is 12.8 Å². The van der Waals surface area contributed by atoms with Crippen LogP contribution in [0.15, 0.2) is 23.3 Å². The van der Waals surface area contributed by atoms with Crippen LogP contribution >= 0.6 is 0 Å². The van der Waals surface area contributed by atoms with Crippen LogP contribution in [-0.2, 0) is 8.85 Å². The molecule has 212 valence electrons. The van der Waals surface area contributed by atoms with Crippen molar-refractivity contribution in [2.45, 2.75) is 142 Å². The van der Waals surface area contributed by atoms with Crippen molar-refractivity contribution in [2.24, 2.45) is 28.6 Å². The van der Waals surface area contributed by atoms with E-state index in [4.69, 9.17) is 8.85 Å². The monoisotopic (exact) mass is 546 g/mol. The van der Waals surface area contributed by atoms with Crippen LogP contribution < -0.4 is 0 Å². The first-order chi connectivity index (χ1) is 16.8. The van der Waals surface area contributed by atoms with Gasteiger partial charge in [0, 0.05) is 12.0 Å². The highest BCUT2D eigenvalue weighted by molar-refractivity contribution is 6.74. The maximum atomic E-state index is 10.2. The van der Waals surface area contributed by atoms with Crippen molar-refractivity contribution in [1.82, 2.24) is 0 Å². The van der Waals surface area contributed by atoms with E-state index < -0.39 is 16.6 Å². The van der Waals surface area contributed by atoms with Crippen molar-refractivity contribution in [3.05, 3.63) is 23.3 Å². The highest BCUT2D eigenvalue weighted by Gasteiger charge is 2.60. The van der Waals surface area contributed by atoms with Gasteiger partial charge < -0.3 is 14.0 Å². The van der Waals surface area contributed by atoms with Gasteiger partial charge in [-0.15, -0.1) is 0 Å². The molecule has 0 aromatic rings.